The number of fused-ring (bicyclic) bond motifs is 1. The summed E-state index contributed by atoms with van der Waals surface area (Å²) < 4.78 is 33.2. The Morgan fingerprint density at radius 1 is 1.00 bits per heavy atom. The van der Waals surface area contributed by atoms with Gasteiger partial charge >= 0.3 is 7.32 Å². The minimum Gasteiger partial charge on any atom is -0.512 e. The molecule has 0 radical (unpaired) electrons. The van der Waals surface area contributed by atoms with Crippen LogP contribution in [0.4, 0.5) is 0 Å². The number of aryl methyl sites for hydroxylation is 3. The molecule has 0 amide bonds. The molecule has 35 heavy (non-hydrogen) atoms. The molecular formula is C26H29BN2O5S. The summed E-state index contributed by atoms with van der Waals surface area (Å²) in [6, 6.07) is 14.0. The van der Waals surface area contributed by atoms with Gasteiger partial charge in [-0.1, -0.05) is 31.5 Å². The molecule has 0 aliphatic rings. The zero-order chi connectivity index (χ0) is 25.5. The highest BCUT2D eigenvalue weighted by atomic mass is 32.2. The standard InChI is InChI=1S/C26H29BN2O5S/c1-16(2)24-15-29(35(32,33)22-9-6-17(3)7-10-22)25-11-8-20(28-26(24)25)14-23-18(4)12-21(13-19(23)5)34-27(30)31/h6-13,15-16,30-31H,14H2,1-5H3. The highest BCUT2D eigenvalue weighted by Crippen LogP contribution is 2.31. The van der Waals surface area contributed by atoms with Crippen molar-refractivity contribution in [2.45, 2.75) is 51.9 Å². The van der Waals surface area contributed by atoms with Crippen molar-refractivity contribution in [1.82, 2.24) is 8.96 Å². The van der Waals surface area contributed by atoms with Gasteiger partial charge in [0, 0.05) is 18.3 Å². The third-order valence-electron chi connectivity index (χ3n) is 6.17. The Kier molecular flexibility index (Phi) is 6.77. The van der Waals surface area contributed by atoms with Gasteiger partial charge in [0.1, 0.15) is 5.75 Å². The summed E-state index contributed by atoms with van der Waals surface area (Å²) in [4.78, 5) is 5.13. The lowest BCUT2D eigenvalue weighted by Crippen LogP contribution is -2.20. The average molecular weight is 492 g/mol. The normalized spacial score (nSPS) is 11.9. The lowest BCUT2D eigenvalue weighted by Gasteiger charge is -2.14. The van der Waals surface area contributed by atoms with Crippen molar-refractivity contribution in [1.29, 1.82) is 0 Å². The number of aromatic nitrogens is 2. The predicted octanol–water partition coefficient (Wildman–Crippen LogP) is 4.26. The summed E-state index contributed by atoms with van der Waals surface area (Å²) in [5.74, 6) is 0.460. The van der Waals surface area contributed by atoms with Crippen LogP contribution in [-0.2, 0) is 16.4 Å². The van der Waals surface area contributed by atoms with Gasteiger partial charge in [0.2, 0.25) is 0 Å². The van der Waals surface area contributed by atoms with Crippen LogP contribution >= 0.6 is 0 Å². The summed E-state index contributed by atoms with van der Waals surface area (Å²) in [6.45, 7) is 9.83. The van der Waals surface area contributed by atoms with E-state index < -0.39 is 17.3 Å². The monoisotopic (exact) mass is 492 g/mol. The Balaban J connectivity index is 1.77. The van der Waals surface area contributed by atoms with Crippen LogP contribution in [0.3, 0.4) is 0 Å². The van der Waals surface area contributed by atoms with Crippen LogP contribution in [0.2, 0.25) is 0 Å². The number of rotatable bonds is 7. The van der Waals surface area contributed by atoms with Gasteiger partial charge < -0.3 is 14.7 Å². The molecule has 4 rings (SSSR count). The molecule has 0 spiro atoms. The largest absolute Gasteiger partial charge is 0.707 e. The summed E-state index contributed by atoms with van der Waals surface area (Å²) in [5.41, 5.74) is 6.82. The van der Waals surface area contributed by atoms with Gasteiger partial charge in [-0.25, -0.2) is 12.4 Å². The lowest BCUT2D eigenvalue weighted by atomic mass is 9.97. The predicted molar refractivity (Wildman–Crippen MR) is 137 cm³/mol. The van der Waals surface area contributed by atoms with E-state index in [1.165, 1.54) is 3.97 Å². The maximum atomic E-state index is 13.5. The Hall–Kier alpha value is -3.14. The van der Waals surface area contributed by atoms with Gasteiger partial charge in [-0.2, -0.15) is 0 Å². The van der Waals surface area contributed by atoms with Gasteiger partial charge in [0.15, 0.2) is 0 Å². The van der Waals surface area contributed by atoms with Gasteiger partial charge in [-0.3, -0.25) is 4.98 Å². The quantitative estimate of drug-likeness (QED) is 0.374. The summed E-state index contributed by atoms with van der Waals surface area (Å²) in [6.07, 6.45) is 2.23. The SMILES string of the molecule is Cc1ccc(S(=O)(=O)n2cc(C(C)C)c3nc(Cc4c(C)cc(OB(O)O)cc4C)ccc32)cc1. The highest BCUT2D eigenvalue weighted by Gasteiger charge is 2.23. The van der Waals surface area contributed by atoms with Crippen LogP contribution in [0, 0.1) is 20.8 Å². The van der Waals surface area contributed by atoms with Crippen molar-refractivity contribution in [3.63, 3.8) is 0 Å². The van der Waals surface area contributed by atoms with E-state index in [0.29, 0.717) is 23.2 Å². The highest BCUT2D eigenvalue weighted by molar-refractivity contribution is 7.90. The second kappa shape index (κ2) is 9.49. The Labute approximate surface area is 206 Å². The first-order valence-electron chi connectivity index (χ1n) is 11.4. The van der Waals surface area contributed by atoms with Crippen molar-refractivity contribution < 1.29 is 23.1 Å². The molecule has 2 aromatic carbocycles. The molecule has 0 atom stereocenters. The van der Waals surface area contributed by atoms with E-state index in [0.717, 1.165) is 33.5 Å². The van der Waals surface area contributed by atoms with Gasteiger partial charge in [-0.05, 0) is 85.3 Å². The van der Waals surface area contributed by atoms with Gasteiger partial charge in [0.25, 0.3) is 10.0 Å². The molecule has 0 aliphatic heterocycles. The fourth-order valence-electron chi connectivity index (χ4n) is 4.29. The van der Waals surface area contributed by atoms with Gasteiger partial charge in [-0.15, -0.1) is 0 Å². The number of pyridine rings is 1. The molecule has 0 unspecified atom stereocenters. The van der Waals surface area contributed by atoms with E-state index in [2.05, 4.69) is 0 Å². The summed E-state index contributed by atoms with van der Waals surface area (Å²) in [7, 11) is -5.65. The topological polar surface area (TPSA) is 102 Å². The van der Waals surface area contributed by atoms with Crippen LogP contribution in [-0.4, -0.2) is 34.7 Å². The fourth-order valence-corrected chi connectivity index (χ4v) is 5.65. The second-order valence-electron chi connectivity index (χ2n) is 9.18. The van der Waals surface area contributed by atoms with E-state index in [4.69, 9.17) is 19.7 Å². The smallest absolute Gasteiger partial charge is 0.512 e. The van der Waals surface area contributed by atoms with E-state index in [1.54, 1.807) is 42.6 Å². The molecule has 2 N–H and O–H groups in total. The molecule has 0 bridgehead atoms. The van der Waals surface area contributed by atoms with Crippen LogP contribution in [0.15, 0.2) is 59.6 Å². The van der Waals surface area contributed by atoms with E-state index >= 15 is 0 Å². The molecule has 7 nitrogen and oxygen atoms in total. The zero-order valence-corrected chi connectivity index (χ0v) is 21.3. The first-order chi connectivity index (χ1) is 16.5. The summed E-state index contributed by atoms with van der Waals surface area (Å²) in [5, 5.41) is 18.2. The number of nitrogens with zero attached hydrogens (tertiary/aromatic N) is 2. The van der Waals surface area contributed by atoms with Crippen molar-refractivity contribution in [2.24, 2.45) is 0 Å². The molecule has 0 fully saturated rings. The third kappa shape index (κ3) is 4.98. The molecular weight excluding hydrogens is 463 g/mol. The molecule has 2 aromatic heterocycles. The van der Waals surface area contributed by atoms with E-state index in [9.17, 15) is 8.42 Å². The number of hydrogen-bond acceptors (Lipinski definition) is 6. The summed E-state index contributed by atoms with van der Waals surface area (Å²) >= 11 is 0. The zero-order valence-electron chi connectivity index (χ0n) is 20.5. The van der Waals surface area contributed by atoms with Crippen LogP contribution in [0.1, 0.15) is 53.3 Å². The molecule has 0 aliphatic carbocycles. The minimum atomic E-state index is -3.77. The molecule has 182 valence electrons. The first-order valence-corrected chi connectivity index (χ1v) is 12.9. The van der Waals surface area contributed by atoms with Crippen LogP contribution in [0.5, 0.6) is 5.75 Å². The minimum absolute atomic E-state index is 0.0829. The third-order valence-corrected chi connectivity index (χ3v) is 7.86. The van der Waals surface area contributed by atoms with Crippen molar-refractivity contribution >= 4 is 28.4 Å². The van der Waals surface area contributed by atoms with E-state index in [-0.39, 0.29) is 10.8 Å². The molecule has 0 saturated heterocycles. The first kappa shape index (κ1) is 25.0. The molecule has 2 heterocycles. The fraction of sp³-hybridized carbons (Fsp3) is 0.269. The van der Waals surface area contributed by atoms with Crippen LogP contribution in [0.25, 0.3) is 11.0 Å². The van der Waals surface area contributed by atoms with Crippen LogP contribution < -0.4 is 4.65 Å². The Morgan fingerprint density at radius 3 is 2.20 bits per heavy atom. The molecule has 0 saturated carbocycles. The van der Waals surface area contributed by atoms with Crippen molar-refractivity contribution in [3.8, 4) is 5.75 Å². The maximum absolute atomic E-state index is 13.5. The number of benzene rings is 2. The molecule has 9 heteroatoms. The van der Waals surface area contributed by atoms with Gasteiger partial charge in [0.05, 0.1) is 15.9 Å². The molecule has 4 aromatic rings. The second-order valence-corrected chi connectivity index (χ2v) is 11.0. The Morgan fingerprint density at radius 2 is 1.63 bits per heavy atom. The Bertz CT molecular complexity index is 1470. The van der Waals surface area contributed by atoms with Crippen molar-refractivity contribution in [3.05, 3.63) is 88.2 Å². The lowest BCUT2D eigenvalue weighted by molar-refractivity contribution is 0.288. The average Bonchev–Trinajstić information content (AvgIpc) is 3.16. The number of hydrogen-bond donors (Lipinski definition) is 2. The maximum Gasteiger partial charge on any atom is 0.707 e. The van der Waals surface area contributed by atoms with E-state index in [1.807, 2.05) is 46.8 Å². The van der Waals surface area contributed by atoms with Crippen molar-refractivity contribution in [2.75, 3.05) is 0 Å².